The molecule has 2 aromatic rings. The minimum atomic E-state index is -0.0222. The van der Waals surface area contributed by atoms with E-state index in [1.807, 2.05) is 36.1 Å². The Morgan fingerprint density at radius 2 is 1.80 bits per heavy atom. The maximum absolute atomic E-state index is 13.1. The molecule has 0 aromatic heterocycles. The molecule has 1 N–H and O–H groups in total. The van der Waals surface area contributed by atoms with E-state index in [0.717, 1.165) is 30.9 Å². The average molecular weight is 335 g/mol. The zero-order valence-electron chi connectivity index (χ0n) is 15.1. The van der Waals surface area contributed by atoms with Crippen LogP contribution in [-0.4, -0.2) is 37.1 Å². The van der Waals surface area contributed by atoms with Crippen LogP contribution >= 0.6 is 0 Å². The molecule has 2 aliphatic rings. The molecular formula is C21H25N3O. The van der Waals surface area contributed by atoms with Crippen molar-refractivity contribution in [2.75, 3.05) is 30.4 Å². The highest BCUT2D eigenvalue weighted by Gasteiger charge is 2.43. The number of likely N-dealkylation sites (N-methyl/N-ethyl adjacent to an activating group) is 1. The fourth-order valence-corrected chi connectivity index (χ4v) is 4.17. The third kappa shape index (κ3) is 2.91. The summed E-state index contributed by atoms with van der Waals surface area (Å²) < 4.78 is 0. The largest absolute Gasteiger partial charge is 0.326 e. The van der Waals surface area contributed by atoms with Crippen LogP contribution in [0, 0.1) is 13.8 Å². The zero-order valence-corrected chi connectivity index (χ0v) is 15.1. The minimum absolute atomic E-state index is 0.0222. The number of nitrogens with one attached hydrogen (secondary N) is 1. The third-order valence-corrected chi connectivity index (χ3v) is 5.47. The number of fused-ring (bicyclic) bond motifs is 3. The fraction of sp³-hybridized carbons (Fsp3) is 0.381. The number of urea groups is 1. The maximum atomic E-state index is 13.1. The van der Waals surface area contributed by atoms with Gasteiger partial charge in [-0.1, -0.05) is 35.4 Å². The van der Waals surface area contributed by atoms with Crippen molar-refractivity contribution >= 4 is 17.4 Å². The lowest BCUT2D eigenvalue weighted by Gasteiger charge is -2.36. The van der Waals surface area contributed by atoms with Crippen LogP contribution in [0.15, 0.2) is 42.5 Å². The molecule has 4 rings (SSSR count). The Morgan fingerprint density at radius 1 is 1.08 bits per heavy atom. The quantitative estimate of drug-likeness (QED) is 0.850. The molecule has 2 amide bonds. The van der Waals surface area contributed by atoms with E-state index in [1.54, 1.807) is 0 Å². The molecule has 2 aromatic carbocycles. The number of amides is 2. The van der Waals surface area contributed by atoms with E-state index in [0.29, 0.717) is 5.92 Å². The monoisotopic (exact) mass is 335 g/mol. The first-order chi connectivity index (χ1) is 12.0. The highest BCUT2D eigenvalue weighted by atomic mass is 16.2. The van der Waals surface area contributed by atoms with Gasteiger partial charge in [0.25, 0.3) is 0 Å². The second-order valence-corrected chi connectivity index (χ2v) is 7.45. The number of hydrogen-bond acceptors (Lipinski definition) is 2. The minimum Gasteiger partial charge on any atom is -0.308 e. The standard InChI is InChI=1S/C21H25N3O/c1-14-4-7-16(8-5-14)22-21(25)24-19-9-6-15(2)12-17(19)18-13-23(3)11-10-20(18)24/h4-9,12,18,20H,10-11,13H2,1-3H3,(H,22,25). The number of rotatable bonds is 1. The molecule has 0 spiro atoms. The van der Waals surface area contributed by atoms with E-state index >= 15 is 0 Å². The molecule has 1 saturated heterocycles. The number of piperidine rings is 1. The molecule has 130 valence electrons. The van der Waals surface area contributed by atoms with E-state index in [2.05, 4.69) is 42.4 Å². The summed E-state index contributed by atoms with van der Waals surface area (Å²) in [5, 5.41) is 3.08. The van der Waals surface area contributed by atoms with Crippen molar-refractivity contribution in [2.24, 2.45) is 0 Å². The van der Waals surface area contributed by atoms with Crippen LogP contribution < -0.4 is 10.2 Å². The predicted molar refractivity (Wildman–Crippen MR) is 102 cm³/mol. The molecule has 2 heterocycles. The van der Waals surface area contributed by atoms with Gasteiger partial charge in [-0.15, -0.1) is 0 Å². The average Bonchev–Trinajstić information content (AvgIpc) is 2.90. The lowest BCUT2D eigenvalue weighted by Crippen LogP contribution is -2.48. The summed E-state index contributed by atoms with van der Waals surface area (Å²) in [6.45, 7) is 6.21. The van der Waals surface area contributed by atoms with Crippen LogP contribution in [0.5, 0.6) is 0 Å². The molecule has 2 atom stereocenters. The molecule has 2 aliphatic heterocycles. The van der Waals surface area contributed by atoms with Crippen molar-refractivity contribution in [1.29, 1.82) is 0 Å². The van der Waals surface area contributed by atoms with Gasteiger partial charge in [0.2, 0.25) is 0 Å². The van der Waals surface area contributed by atoms with Gasteiger partial charge in [-0.3, -0.25) is 4.90 Å². The number of anilines is 2. The SMILES string of the molecule is Cc1ccc(NC(=O)N2c3ccc(C)cc3C3CN(C)CCC32)cc1. The normalized spacial score (nSPS) is 22.4. The Bertz CT molecular complexity index is 799. The van der Waals surface area contributed by atoms with Crippen LogP contribution in [0.1, 0.15) is 29.0 Å². The Labute approximate surface area is 149 Å². The molecule has 4 heteroatoms. The molecule has 0 bridgehead atoms. The lowest BCUT2D eigenvalue weighted by atomic mass is 9.89. The predicted octanol–water partition coefficient (Wildman–Crippen LogP) is 4.14. The van der Waals surface area contributed by atoms with Crippen molar-refractivity contribution in [3.8, 4) is 0 Å². The molecule has 2 unspecified atom stereocenters. The molecule has 0 saturated carbocycles. The second kappa shape index (κ2) is 6.19. The first-order valence-corrected chi connectivity index (χ1v) is 8.99. The molecule has 1 fully saturated rings. The zero-order chi connectivity index (χ0) is 17.6. The van der Waals surface area contributed by atoms with Crippen molar-refractivity contribution in [3.05, 3.63) is 59.2 Å². The molecule has 4 nitrogen and oxygen atoms in total. The summed E-state index contributed by atoms with van der Waals surface area (Å²) >= 11 is 0. The fourth-order valence-electron chi connectivity index (χ4n) is 4.17. The van der Waals surface area contributed by atoms with Gasteiger partial charge < -0.3 is 10.2 Å². The Balaban J connectivity index is 1.66. The van der Waals surface area contributed by atoms with E-state index in [-0.39, 0.29) is 12.1 Å². The number of likely N-dealkylation sites (tertiary alicyclic amines) is 1. The number of carbonyl (C=O) groups is 1. The number of carbonyl (C=O) groups excluding carboxylic acids is 1. The number of aryl methyl sites for hydroxylation is 2. The van der Waals surface area contributed by atoms with E-state index in [9.17, 15) is 4.79 Å². The van der Waals surface area contributed by atoms with Gasteiger partial charge >= 0.3 is 6.03 Å². The van der Waals surface area contributed by atoms with Gasteiger partial charge in [-0.05, 0) is 57.6 Å². The maximum Gasteiger partial charge on any atom is 0.326 e. The molecule has 0 radical (unpaired) electrons. The summed E-state index contributed by atoms with van der Waals surface area (Å²) in [4.78, 5) is 17.4. The van der Waals surface area contributed by atoms with Gasteiger partial charge in [-0.25, -0.2) is 4.79 Å². The Morgan fingerprint density at radius 3 is 2.56 bits per heavy atom. The first-order valence-electron chi connectivity index (χ1n) is 8.99. The first kappa shape index (κ1) is 16.2. The van der Waals surface area contributed by atoms with Gasteiger partial charge in [0.1, 0.15) is 0 Å². The van der Waals surface area contributed by atoms with Gasteiger partial charge in [0, 0.05) is 29.9 Å². The highest BCUT2D eigenvalue weighted by Crippen LogP contribution is 2.45. The summed E-state index contributed by atoms with van der Waals surface area (Å²) in [5.41, 5.74) is 5.68. The Hall–Kier alpha value is -2.33. The van der Waals surface area contributed by atoms with Crippen molar-refractivity contribution in [1.82, 2.24) is 4.90 Å². The van der Waals surface area contributed by atoms with Crippen molar-refractivity contribution in [2.45, 2.75) is 32.2 Å². The summed E-state index contributed by atoms with van der Waals surface area (Å²) in [6, 6.07) is 14.7. The third-order valence-electron chi connectivity index (χ3n) is 5.47. The highest BCUT2D eigenvalue weighted by molar-refractivity contribution is 6.04. The summed E-state index contributed by atoms with van der Waals surface area (Å²) in [7, 11) is 2.17. The number of hydrogen-bond donors (Lipinski definition) is 1. The van der Waals surface area contributed by atoms with Crippen LogP contribution in [0.4, 0.5) is 16.2 Å². The number of benzene rings is 2. The van der Waals surface area contributed by atoms with Crippen molar-refractivity contribution < 1.29 is 4.79 Å². The van der Waals surface area contributed by atoms with Crippen molar-refractivity contribution in [3.63, 3.8) is 0 Å². The Kier molecular flexibility index (Phi) is 4.00. The topological polar surface area (TPSA) is 35.6 Å². The van der Waals surface area contributed by atoms with Crippen LogP contribution in [0.2, 0.25) is 0 Å². The second-order valence-electron chi connectivity index (χ2n) is 7.45. The van der Waals surface area contributed by atoms with Crippen LogP contribution in [0.3, 0.4) is 0 Å². The van der Waals surface area contributed by atoms with E-state index < -0.39 is 0 Å². The lowest BCUT2D eigenvalue weighted by molar-refractivity contribution is 0.224. The van der Waals surface area contributed by atoms with Crippen LogP contribution in [-0.2, 0) is 0 Å². The smallest absolute Gasteiger partial charge is 0.308 e. The molecular weight excluding hydrogens is 310 g/mol. The molecule has 25 heavy (non-hydrogen) atoms. The van der Waals surface area contributed by atoms with Gasteiger partial charge in [-0.2, -0.15) is 0 Å². The van der Waals surface area contributed by atoms with E-state index in [1.165, 1.54) is 16.7 Å². The molecule has 0 aliphatic carbocycles. The number of nitrogens with zero attached hydrogens (tertiary/aromatic N) is 2. The van der Waals surface area contributed by atoms with Crippen LogP contribution in [0.25, 0.3) is 0 Å². The van der Waals surface area contributed by atoms with Gasteiger partial charge in [0.05, 0.1) is 0 Å². The van der Waals surface area contributed by atoms with Gasteiger partial charge in [0.15, 0.2) is 0 Å². The summed E-state index contributed by atoms with van der Waals surface area (Å²) in [6.07, 6.45) is 1.01. The van der Waals surface area contributed by atoms with E-state index in [4.69, 9.17) is 0 Å². The summed E-state index contributed by atoms with van der Waals surface area (Å²) in [5.74, 6) is 0.400.